The van der Waals surface area contributed by atoms with Gasteiger partial charge in [-0.2, -0.15) is 35.3 Å². The predicted molar refractivity (Wildman–Crippen MR) is 518 cm³/mol. The number of ether oxygens (including phenoxy) is 3. The molecular weight excluding hydrogens is 1850 g/mol. The largest absolute Gasteiger partial charge is 0.484 e. The van der Waals surface area contributed by atoms with E-state index in [1.165, 1.54) is 38.2 Å². The highest BCUT2D eigenvalue weighted by molar-refractivity contribution is 8.00. The molecule has 0 spiro atoms. The van der Waals surface area contributed by atoms with E-state index in [1.54, 1.807) is 91.0 Å². The monoisotopic (exact) mass is 1960 g/mol. The first-order chi connectivity index (χ1) is 64.9. The first-order valence-electron chi connectivity index (χ1n) is 45.4. The zero-order valence-electron chi connectivity index (χ0n) is 75.6. The van der Waals surface area contributed by atoms with Crippen LogP contribution in [0, 0.1) is 35.5 Å². The Morgan fingerprint density at radius 1 is 0.363 bits per heavy atom. The van der Waals surface area contributed by atoms with E-state index in [1.807, 2.05) is 35.3 Å². The van der Waals surface area contributed by atoms with Crippen molar-refractivity contribution in [3.05, 3.63) is 160 Å². The van der Waals surface area contributed by atoms with Crippen molar-refractivity contribution in [1.82, 2.24) is 93.5 Å². The Kier molecular flexibility index (Phi) is 37.2. The molecule has 12 atom stereocenters. The van der Waals surface area contributed by atoms with Gasteiger partial charge in [-0.1, -0.05) is 54.8 Å². The molecule has 12 amide bonds. The number of benzene rings is 3. The van der Waals surface area contributed by atoms with Crippen LogP contribution in [0.5, 0.6) is 17.2 Å². The van der Waals surface area contributed by atoms with Gasteiger partial charge < -0.3 is 92.7 Å². The molecule has 6 aromatic rings. The van der Waals surface area contributed by atoms with Gasteiger partial charge in [0.25, 0.3) is 17.7 Å². The number of amides is 12. The van der Waals surface area contributed by atoms with Crippen molar-refractivity contribution in [3.63, 3.8) is 0 Å². The molecule has 7 saturated heterocycles. The van der Waals surface area contributed by atoms with Gasteiger partial charge in [0, 0.05) is 204 Å². The van der Waals surface area contributed by atoms with Crippen LogP contribution in [-0.4, -0.2) is 285 Å². The molecule has 36 nitrogen and oxygen atoms in total. The molecule has 720 valence electrons. The topological polar surface area (TPSA) is 486 Å². The van der Waals surface area contributed by atoms with Gasteiger partial charge in [-0.3, -0.25) is 57.2 Å². The molecule has 0 aliphatic carbocycles. The lowest BCUT2D eigenvalue weighted by Crippen LogP contribution is -2.37. The number of rotatable bonds is 42. The van der Waals surface area contributed by atoms with E-state index in [9.17, 15) is 71.5 Å². The van der Waals surface area contributed by atoms with Crippen molar-refractivity contribution in [2.24, 2.45) is 0 Å². The summed E-state index contributed by atoms with van der Waals surface area (Å²) in [5, 5.41) is 35.6. The van der Waals surface area contributed by atoms with Crippen LogP contribution in [0.2, 0.25) is 0 Å². The Labute approximate surface area is 798 Å². The molecule has 13 rings (SSSR count). The normalized spacial score (nSPS) is 21.4. The summed E-state index contributed by atoms with van der Waals surface area (Å²) in [5.41, 5.74) is 4.17. The second-order valence-corrected chi connectivity index (χ2v) is 44.9. The number of aromatic nitrogens is 3. The fourth-order valence-corrected chi connectivity index (χ4v) is 23.1. The van der Waals surface area contributed by atoms with E-state index in [-0.39, 0.29) is 185 Å². The van der Waals surface area contributed by atoms with Crippen LogP contribution in [-0.2, 0) is 62.1 Å². The van der Waals surface area contributed by atoms with Crippen LogP contribution in [0.1, 0.15) is 128 Å². The maximum atomic E-state index is 13.6. The van der Waals surface area contributed by atoms with E-state index in [0.29, 0.717) is 161 Å². The highest BCUT2D eigenvalue weighted by atomic mass is 32.2. The average molecular weight is 1960 g/mol. The molecule has 3 aromatic carbocycles. The van der Waals surface area contributed by atoms with E-state index >= 15 is 0 Å². The number of thioether (sulfide) groups is 3. The molecule has 0 radical (unpaired) electrons. The standard InChI is InChI=1S/C93H117N18O18P3S3/c1-130(121,122)85-49-64(19-16-61-22-28-70(29-23-61)127-55-82(115)97-37-34-94-79(112)13-7-4-10-76-88-73(58-133-76)103-91(118)106-88)46-67(100-85)52-109-40-42-110(53-68-47-65(50-86(101-68)131(2,123)124)20-17-62-24-30-71(31-25-62)128-56-83(116)98-38-35-95-80(113)14-8-5-11-77-89-74(59-134-77)104-92(119)107-89)44-45-111(43-41-109)54-69-48-66(51-87(102-69)132(3,125)126)21-18-63-26-32-72(33-27-63)129-57-84(117)99-39-36-96-81(114)15-9-6-12-78-90-75(60-135-78)105-93(120)108-90/h22-33,46-51,73-78,88-90H,4-15,34-45,52-60H2,1-3H3,(H,94,112)(H,95,113)(H,96,114)(H,97,115)(H,98,116)(H,99,117)(H,121,122)(H,123,124)(H,125,126)(H2,103,106,118)(H2,104,107,119)(H2,105,108,120)/t73?,74?,75?,76-,77-,78-,88?,89?,90?/m0/s1. The maximum absolute atomic E-state index is 13.6. The minimum Gasteiger partial charge on any atom is -0.484 e. The van der Waals surface area contributed by atoms with Crippen molar-refractivity contribution in [3.8, 4) is 52.8 Å². The number of carbonyl (C=O) groups excluding carboxylic acids is 9. The quantitative estimate of drug-likeness (QED) is 0.0113. The number of unbranched alkanes of at least 4 members (excludes halogenated alkanes) is 3. The Morgan fingerprint density at radius 3 is 0.859 bits per heavy atom. The SMILES string of the molecule is CP(=O)(O)c1cc(C#Cc2ccc(OCC(=O)NCCNC(=O)CCCC[C@@H]3SCC4NC(=O)NC43)cc2)cc(CN2CCN(Cc3cc(C#Cc4ccc(OCC(=O)NCCNC(=O)CCCC[C@@H]5SCC6NC(=O)NC65)cc4)cc(P(C)(=O)O)n3)CCN(Cc3cc(C#Cc4ccc(OCC(=O)NCCNC(=O)CCCC[C@@H]5SCC6NC(=O)NC65)cc4)cc(P(C)(=O)O)n3)CC2)n1. The fourth-order valence-electron chi connectivity index (χ4n) is 16.4. The summed E-state index contributed by atoms with van der Waals surface area (Å²) in [6, 6.07) is 30.5. The van der Waals surface area contributed by atoms with Crippen molar-refractivity contribution in [1.29, 1.82) is 0 Å². The minimum atomic E-state index is -3.98. The first-order valence-corrected chi connectivity index (χ1v) is 54.9. The van der Waals surface area contributed by atoms with Crippen molar-refractivity contribution in [2.45, 2.75) is 149 Å². The van der Waals surface area contributed by atoms with Crippen LogP contribution in [0.4, 0.5) is 14.4 Å². The van der Waals surface area contributed by atoms with Crippen molar-refractivity contribution < 1.29 is 85.7 Å². The summed E-state index contributed by atoms with van der Waals surface area (Å²) < 4.78 is 58.0. The van der Waals surface area contributed by atoms with Crippen molar-refractivity contribution >= 4 is 127 Å². The molecule has 135 heavy (non-hydrogen) atoms. The van der Waals surface area contributed by atoms with Crippen LogP contribution < -0.4 is 94.3 Å². The minimum absolute atomic E-state index is 0.0543. The van der Waals surface area contributed by atoms with Gasteiger partial charge in [0.1, 0.15) is 33.6 Å². The third-order valence-electron chi connectivity index (χ3n) is 23.5. The number of pyridine rings is 3. The predicted octanol–water partition coefficient (Wildman–Crippen LogP) is 3.48. The summed E-state index contributed by atoms with van der Waals surface area (Å²) in [4.78, 5) is 165. The van der Waals surface area contributed by atoms with E-state index in [4.69, 9.17) is 29.2 Å². The molecule has 9 unspecified atom stereocenters. The third kappa shape index (κ3) is 32.8. The average Bonchev–Trinajstić information content (AvgIpc) is 1.72. The smallest absolute Gasteiger partial charge is 0.315 e. The zero-order valence-corrected chi connectivity index (χ0v) is 80.8. The number of carbonyl (C=O) groups is 9. The molecule has 42 heteroatoms. The number of nitrogens with zero attached hydrogens (tertiary/aromatic N) is 6. The zero-order chi connectivity index (χ0) is 95.4. The molecule has 3 aromatic heterocycles. The number of hydrogen-bond donors (Lipinski definition) is 15. The fraction of sp³-hybridized carbons (Fsp3) is 0.484. The number of nitrogens with one attached hydrogen (secondary N) is 12. The van der Waals surface area contributed by atoms with Gasteiger partial charge >= 0.3 is 18.1 Å². The van der Waals surface area contributed by atoms with Crippen LogP contribution in [0.15, 0.2) is 109 Å². The number of fused-ring (bicyclic) bond motifs is 3. The van der Waals surface area contributed by atoms with Gasteiger partial charge in [-0.05, 0) is 148 Å². The van der Waals surface area contributed by atoms with Gasteiger partial charge in [-0.25, -0.2) is 29.3 Å². The molecule has 10 heterocycles. The summed E-state index contributed by atoms with van der Waals surface area (Å²) in [5.74, 6) is 21.3. The Balaban J connectivity index is 0.628. The molecule has 0 saturated carbocycles. The van der Waals surface area contributed by atoms with Gasteiger partial charge in [-0.15, -0.1) is 0 Å². The first kappa shape index (κ1) is 102. The second-order valence-electron chi connectivity index (χ2n) is 34.5. The lowest BCUT2D eigenvalue weighted by molar-refractivity contribution is -0.124. The van der Waals surface area contributed by atoms with Crippen LogP contribution in [0.25, 0.3) is 0 Å². The molecule has 7 fully saturated rings. The Morgan fingerprint density at radius 2 is 0.607 bits per heavy atom. The van der Waals surface area contributed by atoms with Gasteiger partial charge in [0.15, 0.2) is 19.8 Å². The Bertz CT molecular complexity index is 5040. The van der Waals surface area contributed by atoms with Gasteiger partial charge in [0.05, 0.1) is 53.3 Å². The van der Waals surface area contributed by atoms with E-state index in [2.05, 4.69) is 114 Å². The molecule has 7 aliphatic heterocycles. The van der Waals surface area contributed by atoms with E-state index in [0.717, 1.165) is 55.8 Å². The highest BCUT2D eigenvalue weighted by Crippen LogP contribution is 2.39. The summed E-state index contributed by atoms with van der Waals surface area (Å²) in [7, 11) is -11.9. The van der Waals surface area contributed by atoms with Crippen LogP contribution in [0.3, 0.4) is 0 Å². The number of urea groups is 3. The van der Waals surface area contributed by atoms with E-state index < -0.39 is 22.1 Å². The lowest BCUT2D eigenvalue weighted by atomic mass is 10.0. The molecular formula is C93H117N18O18P3S3. The maximum Gasteiger partial charge on any atom is 0.315 e. The summed E-state index contributed by atoms with van der Waals surface area (Å²) in [6.07, 6.45) is 8.53. The lowest BCUT2D eigenvalue weighted by Gasteiger charge is -2.26. The number of hydrogen-bond acceptors (Lipinski definition) is 24. The molecule has 15 N–H and O–H groups in total. The van der Waals surface area contributed by atoms with Crippen LogP contribution >= 0.6 is 57.4 Å². The summed E-state index contributed by atoms with van der Waals surface area (Å²) >= 11 is 5.52. The summed E-state index contributed by atoms with van der Waals surface area (Å²) in [6.45, 7) is 7.27. The Hall–Kier alpha value is -10.7. The third-order valence-corrected chi connectivity index (χ3v) is 31.3. The molecule has 0 bridgehead atoms. The van der Waals surface area contributed by atoms with Gasteiger partial charge in [0.2, 0.25) is 39.8 Å². The van der Waals surface area contributed by atoms with Crippen molar-refractivity contribution in [2.75, 3.05) is 136 Å². The highest BCUT2D eigenvalue weighted by Gasteiger charge is 2.45. The second kappa shape index (κ2) is 49.4. The molecule has 7 aliphatic rings.